The first-order chi connectivity index (χ1) is 17.7. The third kappa shape index (κ3) is 5.60. The van der Waals surface area contributed by atoms with Gasteiger partial charge in [0.25, 0.3) is 5.91 Å². The molecule has 2 aliphatic heterocycles. The quantitative estimate of drug-likeness (QED) is 0.555. The summed E-state index contributed by atoms with van der Waals surface area (Å²) < 4.78 is 0. The third-order valence-electron chi connectivity index (χ3n) is 7.30. The van der Waals surface area contributed by atoms with Gasteiger partial charge in [-0.3, -0.25) is 14.5 Å². The van der Waals surface area contributed by atoms with Crippen molar-refractivity contribution in [3.8, 4) is 0 Å². The van der Waals surface area contributed by atoms with Crippen molar-refractivity contribution < 1.29 is 9.59 Å². The number of rotatable bonds is 7. The summed E-state index contributed by atoms with van der Waals surface area (Å²) in [5, 5.41) is 3.12. The Balaban J connectivity index is 1.16. The van der Waals surface area contributed by atoms with Crippen LogP contribution in [0.3, 0.4) is 0 Å². The lowest BCUT2D eigenvalue weighted by atomic mass is 10.1. The van der Waals surface area contributed by atoms with Gasteiger partial charge in [0.2, 0.25) is 5.91 Å². The van der Waals surface area contributed by atoms with E-state index >= 15 is 0 Å². The lowest BCUT2D eigenvalue weighted by Gasteiger charge is -2.36. The zero-order valence-electron chi connectivity index (χ0n) is 20.7. The van der Waals surface area contributed by atoms with Crippen molar-refractivity contribution in [2.75, 3.05) is 37.6 Å². The van der Waals surface area contributed by atoms with Crippen LogP contribution in [0.1, 0.15) is 34.3 Å². The second-order valence-corrected chi connectivity index (χ2v) is 9.61. The van der Waals surface area contributed by atoms with Gasteiger partial charge in [-0.05, 0) is 48.2 Å². The van der Waals surface area contributed by atoms with E-state index in [4.69, 9.17) is 0 Å². The molecule has 0 aliphatic carbocycles. The van der Waals surface area contributed by atoms with Crippen molar-refractivity contribution in [1.82, 2.24) is 15.1 Å². The van der Waals surface area contributed by atoms with E-state index in [2.05, 4.69) is 63.6 Å². The normalized spacial score (nSPS) is 18.3. The van der Waals surface area contributed by atoms with Crippen LogP contribution in [-0.4, -0.2) is 60.4 Å². The topological polar surface area (TPSA) is 55.9 Å². The van der Waals surface area contributed by atoms with Crippen molar-refractivity contribution in [3.05, 3.63) is 102 Å². The van der Waals surface area contributed by atoms with Gasteiger partial charge >= 0.3 is 0 Å². The van der Waals surface area contributed by atoms with Gasteiger partial charge in [0.15, 0.2) is 0 Å². The largest absolute Gasteiger partial charge is 0.369 e. The average molecular weight is 483 g/mol. The summed E-state index contributed by atoms with van der Waals surface area (Å²) in [6, 6.07) is 27.8. The molecule has 6 nitrogen and oxygen atoms in total. The van der Waals surface area contributed by atoms with E-state index in [9.17, 15) is 9.59 Å². The molecule has 0 radical (unpaired) electrons. The van der Waals surface area contributed by atoms with Gasteiger partial charge in [-0.1, -0.05) is 60.7 Å². The highest BCUT2D eigenvalue weighted by molar-refractivity contribution is 5.97. The maximum absolute atomic E-state index is 13.1. The molecule has 0 aromatic heterocycles. The van der Waals surface area contributed by atoms with Crippen LogP contribution in [-0.2, 0) is 17.9 Å². The van der Waals surface area contributed by atoms with Gasteiger partial charge in [0.05, 0.1) is 0 Å². The maximum atomic E-state index is 13.1. The number of nitrogens with one attached hydrogen (secondary N) is 1. The number of carbonyl (C=O) groups is 2. The summed E-state index contributed by atoms with van der Waals surface area (Å²) in [7, 11) is 0. The Bertz CT molecular complexity index is 1160. The van der Waals surface area contributed by atoms with Gasteiger partial charge in [0.1, 0.15) is 6.04 Å². The molecule has 1 unspecified atom stereocenters. The highest BCUT2D eigenvalue weighted by atomic mass is 16.2. The molecule has 2 saturated heterocycles. The molecule has 0 bridgehead atoms. The molecule has 6 heteroatoms. The van der Waals surface area contributed by atoms with Crippen LogP contribution in [0.25, 0.3) is 0 Å². The Morgan fingerprint density at radius 3 is 2.11 bits per heavy atom. The summed E-state index contributed by atoms with van der Waals surface area (Å²) in [5.74, 6) is -0.133. The smallest absolute Gasteiger partial charge is 0.254 e. The molecule has 0 saturated carbocycles. The fourth-order valence-electron chi connectivity index (χ4n) is 5.26. The number of piperazine rings is 1. The van der Waals surface area contributed by atoms with Gasteiger partial charge in [0, 0.05) is 57.1 Å². The van der Waals surface area contributed by atoms with Crippen molar-refractivity contribution in [1.29, 1.82) is 0 Å². The van der Waals surface area contributed by atoms with Crippen LogP contribution in [0.5, 0.6) is 0 Å². The molecule has 3 aromatic rings. The van der Waals surface area contributed by atoms with Crippen LogP contribution in [0, 0.1) is 0 Å². The number of likely N-dealkylation sites (tertiary alicyclic amines) is 1. The van der Waals surface area contributed by atoms with E-state index in [1.54, 1.807) is 4.90 Å². The Morgan fingerprint density at radius 1 is 0.750 bits per heavy atom. The maximum Gasteiger partial charge on any atom is 0.254 e. The van der Waals surface area contributed by atoms with Crippen LogP contribution < -0.4 is 10.2 Å². The Hall–Kier alpha value is -3.64. The monoisotopic (exact) mass is 482 g/mol. The van der Waals surface area contributed by atoms with Crippen molar-refractivity contribution in [2.45, 2.75) is 32.0 Å². The molecule has 186 valence electrons. The molecule has 36 heavy (non-hydrogen) atoms. The van der Waals surface area contributed by atoms with Crippen molar-refractivity contribution >= 4 is 17.5 Å². The minimum atomic E-state index is -0.407. The zero-order valence-corrected chi connectivity index (χ0v) is 20.7. The van der Waals surface area contributed by atoms with Crippen LogP contribution in [0.2, 0.25) is 0 Å². The Kier molecular flexibility index (Phi) is 7.62. The van der Waals surface area contributed by atoms with Crippen LogP contribution >= 0.6 is 0 Å². The van der Waals surface area contributed by atoms with Gasteiger partial charge < -0.3 is 15.1 Å². The predicted octanol–water partition coefficient (Wildman–Crippen LogP) is 3.93. The fraction of sp³-hybridized carbons (Fsp3) is 0.333. The highest BCUT2D eigenvalue weighted by Crippen LogP contribution is 2.21. The summed E-state index contributed by atoms with van der Waals surface area (Å²) in [5.41, 5.74) is 4.30. The molecule has 2 aliphatic rings. The number of anilines is 1. The number of nitrogens with zero attached hydrogens (tertiary/aromatic N) is 3. The average Bonchev–Trinajstić information content (AvgIpc) is 3.44. The number of benzene rings is 3. The van der Waals surface area contributed by atoms with E-state index in [0.717, 1.165) is 44.7 Å². The summed E-state index contributed by atoms with van der Waals surface area (Å²) in [6.45, 7) is 6.01. The second-order valence-electron chi connectivity index (χ2n) is 9.61. The first-order valence-electron chi connectivity index (χ1n) is 12.9. The van der Waals surface area contributed by atoms with Crippen molar-refractivity contribution in [3.63, 3.8) is 0 Å². The molecular formula is C30H34N4O2. The number of amides is 2. The number of para-hydroxylation sites is 1. The minimum absolute atomic E-state index is 0.0664. The number of hydrogen-bond donors (Lipinski definition) is 1. The van der Waals surface area contributed by atoms with E-state index in [1.807, 2.05) is 36.4 Å². The Labute approximate surface area is 213 Å². The summed E-state index contributed by atoms with van der Waals surface area (Å²) >= 11 is 0. The molecule has 3 aromatic carbocycles. The minimum Gasteiger partial charge on any atom is -0.369 e. The summed E-state index contributed by atoms with van der Waals surface area (Å²) in [6.07, 6.45) is 1.56. The lowest BCUT2D eigenvalue weighted by Crippen LogP contribution is -2.46. The molecule has 2 fully saturated rings. The van der Waals surface area contributed by atoms with E-state index in [-0.39, 0.29) is 11.8 Å². The van der Waals surface area contributed by atoms with Gasteiger partial charge in [-0.25, -0.2) is 0 Å². The first kappa shape index (κ1) is 24.1. The zero-order chi connectivity index (χ0) is 24.7. The fourth-order valence-corrected chi connectivity index (χ4v) is 5.26. The molecule has 2 amide bonds. The van der Waals surface area contributed by atoms with Crippen LogP contribution in [0.15, 0.2) is 84.9 Å². The van der Waals surface area contributed by atoms with Crippen molar-refractivity contribution in [2.24, 2.45) is 0 Å². The molecule has 5 rings (SSSR count). The lowest BCUT2D eigenvalue weighted by molar-refractivity contribution is -0.125. The Morgan fingerprint density at radius 2 is 1.39 bits per heavy atom. The molecule has 0 spiro atoms. The third-order valence-corrected chi connectivity index (χ3v) is 7.30. The van der Waals surface area contributed by atoms with E-state index in [0.29, 0.717) is 25.1 Å². The number of carbonyl (C=O) groups excluding carboxylic acids is 2. The molecule has 2 heterocycles. The number of hydrogen-bond acceptors (Lipinski definition) is 4. The molecule has 1 atom stereocenters. The van der Waals surface area contributed by atoms with E-state index < -0.39 is 6.04 Å². The predicted molar refractivity (Wildman–Crippen MR) is 143 cm³/mol. The highest BCUT2D eigenvalue weighted by Gasteiger charge is 2.34. The van der Waals surface area contributed by atoms with Crippen LogP contribution in [0.4, 0.5) is 5.69 Å². The van der Waals surface area contributed by atoms with Gasteiger partial charge in [-0.2, -0.15) is 0 Å². The summed E-state index contributed by atoms with van der Waals surface area (Å²) in [4.78, 5) is 32.7. The molecule has 1 N–H and O–H groups in total. The first-order valence-corrected chi connectivity index (χ1v) is 12.9. The standard InChI is InChI=1S/C30H34N4O2/c35-29(28-16-9-17-34(28)30(36)24-10-3-1-4-11-24)31-22-25-12-7-8-13-26(25)23-32-18-20-33(21-19-32)27-14-5-2-6-15-27/h1-8,10-15,28H,9,16-23H2,(H,31,35). The molecular weight excluding hydrogens is 448 g/mol. The van der Waals surface area contributed by atoms with Gasteiger partial charge in [-0.15, -0.1) is 0 Å². The van der Waals surface area contributed by atoms with E-state index in [1.165, 1.54) is 11.3 Å². The SMILES string of the molecule is O=C(NCc1ccccc1CN1CCN(c2ccccc2)CC1)C1CCCN1C(=O)c1ccccc1. The second kappa shape index (κ2) is 11.4.